The molecule has 2 aromatic carbocycles. The van der Waals surface area contributed by atoms with Crippen LogP contribution in [0.5, 0.6) is 11.5 Å². The molecule has 0 aromatic heterocycles. The highest BCUT2D eigenvalue weighted by atomic mass is 16.5. The molecule has 2 aromatic rings. The Kier molecular flexibility index (Phi) is 5.64. The molecule has 0 saturated carbocycles. The van der Waals surface area contributed by atoms with Gasteiger partial charge in [-0.05, 0) is 24.6 Å². The van der Waals surface area contributed by atoms with E-state index in [0.29, 0.717) is 30.3 Å². The van der Waals surface area contributed by atoms with E-state index in [1.807, 2.05) is 31.2 Å². The van der Waals surface area contributed by atoms with E-state index >= 15 is 0 Å². The Morgan fingerprint density at radius 2 is 1.81 bits per heavy atom. The number of amides is 2. The van der Waals surface area contributed by atoms with Crippen LogP contribution in [0.4, 0.5) is 5.69 Å². The molecule has 1 heterocycles. The van der Waals surface area contributed by atoms with Crippen LogP contribution in [0, 0.1) is 12.8 Å². The van der Waals surface area contributed by atoms with E-state index < -0.39 is 0 Å². The number of rotatable bonds is 6. The largest absolute Gasteiger partial charge is 0.493 e. The smallest absolute Gasteiger partial charge is 0.227 e. The van der Waals surface area contributed by atoms with Gasteiger partial charge in [0.15, 0.2) is 11.5 Å². The third kappa shape index (κ3) is 4.22. The molecule has 0 spiro atoms. The maximum atomic E-state index is 12.5. The van der Waals surface area contributed by atoms with E-state index in [9.17, 15) is 9.59 Å². The molecule has 3 rings (SSSR count). The minimum atomic E-state index is -0.365. The number of ether oxygens (including phenoxy) is 2. The number of anilines is 1. The van der Waals surface area contributed by atoms with Gasteiger partial charge in [-0.1, -0.05) is 29.8 Å². The monoisotopic (exact) mass is 368 g/mol. The lowest BCUT2D eigenvalue weighted by atomic mass is 10.1. The highest BCUT2D eigenvalue weighted by Gasteiger charge is 2.35. The zero-order valence-electron chi connectivity index (χ0n) is 15.8. The summed E-state index contributed by atoms with van der Waals surface area (Å²) in [5.74, 6) is 0.607. The van der Waals surface area contributed by atoms with Crippen LogP contribution in [0.3, 0.4) is 0 Å². The number of nitrogens with one attached hydrogen (secondary N) is 1. The summed E-state index contributed by atoms with van der Waals surface area (Å²) in [6.45, 7) is 2.84. The van der Waals surface area contributed by atoms with Gasteiger partial charge >= 0.3 is 0 Å². The molecule has 1 unspecified atom stereocenters. The molecule has 1 aliphatic heterocycles. The Morgan fingerprint density at radius 3 is 2.48 bits per heavy atom. The highest BCUT2D eigenvalue weighted by Crippen LogP contribution is 2.34. The van der Waals surface area contributed by atoms with Crippen molar-refractivity contribution in [2.75, 3.05) is 25.7 Å². The van der Waals surface area contributed by atoms with Crippen LogP contribution >= 0.6 is 0 Å². The van der Waals surface area contributed by atoms with Gasteiger partial charge in [0.2, 0.25) is 11.8 Å². The van der Waals surface area contributed by atoms with Gasteiger partial charge in [-0.25, -0.2) is 0 Å². The third-order valence-corrected chi connectivity index (χ3v) is 4.76. The molecule has 1 fully saturated rings. The molecule has 2 amide bonds. The minimum absolute atomic E-state index is 0.0716. The molecule has 142 valence electrons. The summed E-state index contributed by atoms with van der Waals surface area (Å²) < 4.78 is 10.5. The summed E-state index contributed by atoms with van der Waals surface area (Å²) in [6, 6.07) is 13.3. The van der Waals surface area contributed by atoms with Crippen molar-refractivity contribution in [2.24, 2.45) is 5.92 Å². The van der Waals surface area contributed by atoms with Gasteiger partial charge in [0.05, 0.1) is 20.1 Å². The molecule has 27 heavy (non-hydrogen) atoms. The first-order valence-electron chi connectivity index (χ1n) is 8.87. The average Bonchev–Trinajstić information content (AvgIpc) is 3.08. The number of methoxy groups -OCH3 is 2. The molecule has 1 N–H and O–H groups in total. The van der Waals surface area contributed by atoms with E-state index in [2.05, 4.69) is 5.32 Å². The van der Waals surface area contributed by atoms with Gasteiger partial charge in [0, 0.05) is 31.3 Å². The average molecular weight is 368 g/mol. The van der Waals surface area contributed by atoms with E-state index in [1.54, 1.807) is 37.3 Å². The molecule has 6 heteroatoms. The number of nitrogens with zero attached hydrogens (tertiary/aromatic N) is 1. The van der Waals surface area contributed by atoms with Crippen LogP contribution in [-0.4, -0.2) is 32.6 Å². The van der Waals surface area contributed by atoms with Gasteiger partial charge in [-0.3, -0.25) is 9.59 Å². The number of hydrogen-bond acceptors (Lipinski definition) is 4. The zero-order valence-corrected chi connectivity index (χ0v) is 15.8. The highest BCUT2D eigenvalue weighted by molar-refractivity contribution is 6.00. The summed E-state index contributed by atoms with van der Waals surface area (Å²) in [6.07, 6.45) is 0.202. The van der Waals surface area contributed by atoms with Crippen LogP contribution in [0.15, 0.2) is 42.5 Å². The van der Waals surface area contributed by atoms with Crippen LogP contribution < -0.4 is 19.7 Å². The molecule has 0 aliphatic carbocycles. The predicted molar refractivity (Wildman–Crippen MR) is 103 cm³/mol. The molecular weight excluding hydrogens is 344 g/mol. The van der Waals surface area contributed by atoms with Crippen LogP contribution in [0.2, 0.25) is 0 Å². The van der Waals surface area contributed by atoms with Crippen molar-refractivity contribution in [2.45, 2.75) is 19.9 Å². The zero-order chi connectivity index (χ0) is 19.4. The maximum absolute atomic E-state index is 12.5. The second-order valence-electron chi connectivity index (χ2n) is 6.65. The van der Waals surface area contributed by atoms with Gasteiger partial charge in [-0.15, -0.1) is 0 Å². The van der Waals surface area contributed by atoms with E-state index in [1.165, 1.54) is 5.56 Å². The molecule has 1 saturated heterocycles. The van der Waals surface area contributed by atoms with Gasteiger partial charge in [-0.2, -0.15) is 0 Å². The summed E-state index contributed by atoms with van der Waals surface area (Å²) in [4.78, 5) is 26.5. The lowest BCUT2D eigenvalue weighted by Gasteiger charge is -2.18. The first kappa shape index (κ1) is 18.8. The molecule has 1 atom stereocenters. The molecule has 1 aliphatic rings. The van der Waals surface area contributed by atoms with Crippen molar-refractivity contribution in [3.8, 4) is 11.5 Å². The summed E-state index contributed by atoms with van der Waals surface area (Å²) >= 11 is 0. The van der Waals surface area contributed by atoms with Crippen molar-refractivity contribution < 1.29 is 19.1 Å². The fourth-order valence-electron chi connectivity index (χ4n) is 3.16. The Morgan fingerprint density at radius 1 is 1.11 bits per heavy atom. The lowest BCUT2D eigenvalue weighted by Crippen LogP contribution is -2.32. The number of hydrogen-bond donors (Lipinski definition) is 1. The number of carbonyl (C=O) groups excluding carboxylic acids is 2. The van der Waals surface area contributed by atoms with Gasteiger partial charge in [0.1, 0.15) is 0 Å². The second-order valence-corrected chi connectivity index (χ2v) is 6.65. The topological polar surface area (TPSA) is 67.9 Å². The third-order valence-electron chi connectivity index (χ3n) is 4.76. The van der Waals surface area contributed by atoms with E-state index in [4.69, 9.17) is 9.47 Å². The van der Waals surface area contributed by atoms with Crippen molar-refractivity contribution in [1.82, 2.24) is 5.32 Å². The van der Waals surface area contributed by atoms with Crippen molar-refractivity contribution >= 4 is 17.5 Å². The Labute approximate surface area is 159 Å². The quantitative estimate of drug-likeness (QED) is 0.851. The van der Waals surface area contributed by atoms with Gasteiger partial charge in [0.25, 0.3) is 0 Å². The lowest BCUT2D eigenvalue weighted by molar-refractivity contribution is -0.126. The number of aryl methyl sites for hydroxylation is 1. The van der Waals surface area contributed by atoms with Crippen molar-refractivity contribution in [3.63, 3.8) is 0 Å². The van der Waals surface area contributed by atoms with Crippen molar-refractivity contribution in [1.29, 1.82) is 0 Å². The summed E-state index contributed by atoms with van der Waals surface area (Å²) in [5.41, 5.74) is 2.92. The maximum Gasteiger partial charge on any atom is 0.227 e. The first-order valence-corrected chi connectivity index (χ1v) is 8.87. The van der Waals surface area contributed by atoms with Crippen molar-refractivity contribution in [3.05, 3.63) is 53.6 Å². The normalized spacial score (nSPS) is 16.3. The summed E-state index contributed by atoms with van der Waals surface area (Å²) in [5, 5.41) is 2.93. The Hall–Kier alpha value is -3.02. The number of carbonyl (C=O) groups is 2. The molecule has 6 nitrogen and oxygen atoms in total. The first-order chi connectivity index (χ1) is 13.0. The Balaban J connectivity index is 1.64. The Bertz CT molecular complexity index is 833. The molecular formula is C21H24N2O4. The fourth-order valence-corrected chi connectivity index (χ4v) is 3.16. The minimum Gasteiger partial charge on any atom is -0.493 e. The van der Waals surface area contributed by atoms with Crippen LogP contribution in [0.25, 0.3) is 0 Å². The van der Waals surface area contributed by atoms with Gasteiger partial charge < -0.3 is 19.7 Å². The standard InChI is InChI=1S/C21H24N2O4/c1-14-4-6-15(7-5-14)12-22-21(25)16-10-20(24)23(13-16)17-8-9-18(26-2)19(11-17)27-3/h4-9,11,16H,10,12-13H2,1-3H3,(H,22,25). The van der Waals surface area contributed by atoms with Crippen LogP contribution in [-0.2, 0) is 16.1 Å². The second kappa shape index (κ2) is 8.12. The van der Waals surface area contributed by atoms with E-state index in [-0.39, 0.29) is 24.2 Å². The molecule has 0 radical (unpaired) electrons. The van der Waals surface area contributed by atoms with Crippen LogP contribution in [0.1, 0.15) is 17.5 Å². The fraction of sp³-hybridized carbons (Fsp3) is 0.333. The SMILES string of the molecule is COc1ccc(N2CC(C(=O)NCc3ccc(C)cc3)CC2=O)cc1OC. The number of benzene rings is 2. The molecule has 0 bridgehead atoms. The predicted octanol–water partition coefficient (Wildman–Crippen LogP) is 2.68. The van der Waals surface area contributed by atoms with E-state index in [0.717, 1.165) is 5.56 Å². The summed E-state index contributed by atoms with van der Waals surface area (Å²) in [7, 11) is 3.11.